The smallest absolute Gasteiger partial charge is 0.345 e. The number of halogens is 2. The lowest BCUT2D eigenvalue weighted by Gasteiger charge is -2.02. The minimum atomic E-state index is -2.70. The van der Waals surface area contributed by atoms with Crippen molar-refractivity contribution < 1.29 is 18.6 Å². The minimum Gasteiger partial charge on any atom is -0.395 e. The lowest BCUT2D eigenvalue weighted by molar-refractivity contribution is -0.127. The van der Waals surface area contributed by atoms with Crippen molar-refractivity contribution in [3.05, 3.63) is 0 Å². The molecule has 0 fully saturated rings. The molecule has 0 radical (unpaired) electrons. The molecule has 10 heavy (non-hydrogen) atoms. The summed E-state index contributed by atoms with van der Waals surface area (Å²) < 4.78 is 26.4. The second kappa shape index (κ2) is 6.85. The van der Waals surface area contributed by atoms with Gasteiger partial charge in [-0.25, -0.2) is 0 Å². The first-order valence-corrected chi connectivity index (χ1v) is 2.98. The molecule has 0 aliphatic heterocycles. The molecule has 0 aliphatic rings. The van der Waals surface area contributed by atoms with Crippen LogP contribution < -0.4 is 5.32 Å². The highest BCUT2D eigenvalue weighted by Crippen LogP contribution is 1.91. The third-order valence-corrected chi connectivity index (χ3v) is 0.811. The van der Waals surface area contributed by atoms with E-state index in [0.717, 1.165) is 0 Å². The minimum absolute atomic E-state index is 0.00861. The average molecular weight is 155 g/mol. The van der Waals surface area contributed by atoms with Gasteiger partial charge in [0, 0.05) is 13.1 Å². The number of nitrogens with one attached hydrogen (secondary N) is 1. The molecule has 3 nitrogen and oxygen atoms in total. The molecule has 0 heterocycles. The molecule has 0 rings (SSSR count). The molecule has 0 unspecified atom stereocenters. The van der Waals surface area contributed by atoms with Crippen LogP contribution in [-0.2, 0) is 4.74 Å². The van der Waals surface area contributed by atoms with Gasteiger partial charge in [0.05, 0.1) is 13.2 Å². The van der Waals surface area contributed by atoms with Crippen LogP contribution >= 0.6 is 0 Å². The van der Waals surface area contributed by atoms with Crippen LogP contribution in [0.25, 0.3) is 0 Å². The molecule has 0 saturated heterocycles. The van der Waals surface area contributed by atoms with Gasteiger partial charge in [-0.3, -0.25) is 0 Å². The maximum Gasteiger partial charge on any atom is 0.345 e. The summed E-state index contributed by atoms with van der Waals surface area (Å²) in [5.41, 5.74) is 0. The molecule has 62 valence electrons. The molecule has 0 saturated carbocycles. The van der Waals surface area contributed by atoms with Gasteiger partial charge in [0.25, 0.3) is 0 Å². The van der Waals surface area contributed by atoms with Crippen LogP contribution in [0.3, 0.4) is 0 Å². The topological polar surface area (TPSA) is 41.5 Å². The van der Waals surface area contributed by atoms with E-state index in [9.17, 15) is 8.78 Å². The SMILES string of the molecule is OCCNCCOC(F)F. The summed E-state index contributed by atoms with van der Waals surface area (Å²) >= 11 is 0. The Labute approximate surface area is 58.0 Å². The van der Waals surface area contributed by atoms with E-state index >= 15 is 0 Å². The molecule has 0 aliphatic carbocycles. The largest absolute Gasteiger partial charge is 0.395 e. The lowest BCUT2D eigenvalue weighted by Crippen LogP contribution is -2.23. The molecule has 0 aromatic carbocycles. The summed E-state index contributed by atoms with van der Waals surface area (Å²) in [6.45, 7) is -1.97. The molecule has 0 amide bonds. The second-order valence-corrected chi connectivity index (χ2v) is 1.61. The Morgan fingerprint density at radius 3 is 2.60 bits per heavy atom. The van der Waals surface area contributed by atoms with Gasteiger partial charge in [0.2, 0.25) is 0 Å². The van der Waals surface area contributed by atoms with Crippen LogP contribution in [0.2, 0.25) is 0 Å². The number of aliphatic hydroxyl groups excluding tert-OH is 1. The van der Waals surface area contributed by atoms with E-state index in [0.29, 0.717) is 13.1 Å². The van der Waals surface area contributed by atoms with Gasteiger partial charge >= 0.3 is 6.61 Å². The number of alkyl halides is 2. The Balaban J connectivity index is 2.77. The number of ether oxygens (including phenoxy) is 1. The standard InChI is InChI=1S/C5H11F2NO2/c6-5(7)10-4-2-8-1-3-9/h5,8-9H,1-4H2. The highest BCUT2D eigenvalue weighted by atomic mass is 19.3. The first-order valence-electron chi connectivity index (χ1n) is 2.98. The van der Waals surface area contributed by atoms with Crippen molar-refractivity contribution >= 4 is 0 Å². The Morgan fingerprint density at radius 2 is 2.10 bits per heavy atom. The quantitative estimate of drug-likeness (QED) is 0.522. The predicted octanol–water partition coefficient (Wildman–Crippen LogP) is -0.193. The van der Waals surface area contributed by atoms with Gasteiger partial charge < -0.3 is 15.2 Å². The summed E-state index contributed by atoms with van der Waals surface area (Å²) in [7, 11) is 0. The molecule has 0 spiro atoms. The Kier molecular flexibility index (Phi) is 6.68. The normalized spacial score (nSPS) is 10.8. The van der Waals surface area contributed by atoms with Crippen molar-refractivity contribution in [1.82, 2.24) is 5.32 Å². The third-order valence-electron chi connectivity index (χ3n) is 0.811. The molecule has 0 bridgehead atoms. The molecular formula is C5H11F2NO2. The zero-order chi connectivity index (χ0) is 7.82. The van der Waals surface area contributed by atoms with E-state index in [1.54, 1.807) is 0 Å². The van der Waals surface area contributed by atoms with Gasteiger partial charge in [-0.05, 0) is 0 Å². The summed E-state index contributed by atoms with van der Waals surface area (Å²) in [4.78, 5) is 0. The van der Waals surface area contributed by atoms with Gasteiger partial charge in [0.15, 0.2) is 0 Å². The monoisotopic (exact) mass is 155 g/mol. The number of aliphatic hydroxyl groups is 1. The lowest BCUT2D eigenvalue weighted by atomic mass is 10.6. The zero-order valence-electron chi connectivity index (χ0n) is 5.52. The van der Waals surface area contributed by atoms with Crippen molar-refractivity contribution in [1.29, 1.82) is 0 Å². The molecular weight excluding hydrogens is 144 g/mol. The van der Waals surface area contributed by atoms with Gasteiger partial charge in [0.1, 0.15) is 0 Å². The first kappa shape index (κ1) is 9.74. The zero-order valence-corrected chi connectivity index (χ0v) is 5.52. The van der Waals surface area contributed by atoms with Crippen molar-refractivity contribution in [2.45, 2.75) is 6.61 Å². The van der Waals surface area contributed by atoms with Gasteiger partial charge in [-0.2, -0.15) is 8.78 Å². The molecule has 0 aromatic rings. The number of hydrogen-bond acceptors (Lipinski definition) is 3. The fourth-order valence-electron chi connectivity index (χ4n) is 0.424. The predicted molar refractivity (Wildman–Crippen MR) is 31.9 cm³/mol. The summed E-state index contributed by atoms with van der Waals surface area (Å²) in [5, 5.41) is 10.9. The van der Waals surface area contributed by atoms with Crippen LogP contribution in [-0.4, -0.2) is 38.0 Å². The Morgan fingerprint density at radius 1 is 1.40 bits per heavy atom. The Bertz CT molecular complexity index is 72.7. The van der Waals surface area contributed by atoms with E-state index < -0.39 is 6.61 Å². The van der Waals surface area contributed by atoms with Crippen LogP contribution in [0.15, 0.2) is 0 Å². The van der Waals surface area contributed by atoms with Crippen LogP contribution in [0.1, 0.15) is 0 Å². The van der Waals surface area contributed by atoms with Crippen molar-refractivity contribution in [2.24, 2.45) is 0 Å². The first-order chi connectivity index (χ1) is 4.77. The molecule has 0 atom stereocenters. The average Bonchev–Trinajstić information content (AvgIpc) is 1.87. The summed E-state index contributed by atoms with van der Waals surface area (Å²) in [6, 6.07) is 0. The van der Waals surface area contributed by atoms with E-state index in [-0.39, 0.29) is 13.2 Å². The van der Waals surface area contributed by atoms with Gasteiger partial charge in [-0.1, -0.05) is 0 Å². The highest BCUT2D eigenvalue weighted by molar-refractivity contribution is 4.42. The fourth-order valence-corrected chi connectivity index (χ4v) is 0.424. The van der Waals surface area contributed by atoms with E-state index in [1.807, 2.05) is 0 Å². The third kappa shape index (κ3) is 7.74. The van der Waals surface area contributed by atoms with Gasteiger partial charge in [-0.15, -0.1) is 0 Å². The van der Waals surface area contributed by atoms with E-state index in [4.69, 9.17) is 5.11 Å². The van der Waals surface area contributed by atoms with Crippen LogP contribution in [0.4, 0.5) is 8.78 Å². The second-order valence-electron chi connectivity index (χ2n) is 1.61. The maximum absolute atomic E-state index is 11.2. The molecule has 5 heteroatoms. The van der Waals surface area contributed by atoms with Crippen molar-refractivity contribution in [3.63, 3.8) is 0 Å². The molecule has 0 aromatic heterocycles. The maximum atomic E-state index is 11.2. The molecule has 2 N–H and O–H groups in total. The van der Waals surface area contributed by atoms with E-state index in [2.05, 4.69) is 10.1 Å². The number of hydrogen-bond donors (Lipinski definition) is 2. The van der Waals surface area contributed by atoms with Crippen molar-refractivity contribution in [3.8, 4) is 0 Å². The highest BCUT2D eigenvalue weighted by Gasteiger charge is 1.98. The Hall–Kier alpha value is -0.260. The summed E-state index contributed by atoms with van der Waals surface area (Å²) in [5.74, 6) is 0. The number of rotatable bonds is 6. The van der Waals surface area contributed by atoms with Crippen LogP contribution in [0.5, 0.6) is 0 Å². The fraction of sp³-hybridized carbons (Fsp3) is 1.00. The van der Waals surface area contributed by atoms with E-state index in [1.165, 1.54) is 0 Å². The van der Waals surface area contributed by atoms with Crippen LogP contribution in [0, 0.1) is 0 Å². The summed E-state index contributed by atoms with van der Waals surface area (Å²) in [6.07, 6.45) is 0. The van der Waals surface area contributed by atoms with Crippen molar-refractivity contribution in [2.75, 3.05) is 26.3 Å².